The molecule has 122 valence electrons. The molecule has 1 aromatic heterocycles. The van der Waals surface area contributed by atoms with Crippen molar-refractivity contribution >= 4 is 12.0 Å². The molecule has 2 heterocycles. The summed E-state index contributed by atoms with van der Waals surface area (Å²) in [7, 11) is 0. The lowest BCUT2D eigenvalue weighted by atomic mass is 10.1. The number of ether oxygens (including phenoxy) is 1. The highest BCUT2D eigenvalue weighted by molar-refractivity contribution is 5.73. The highest BCUT2D eigenvalue weighted by Gasteiger charge is 2.14. The first-order valence-corrected chi connectivity index (χ1v) is 7.58. The minimum absolute atomic E-state index is 0.124. The molecule has 0 spiro atoms. The molecular weight excluding hydrogens is 286 g/mol. The highest BCUT2D eigenvalue weighted by Crippen LogP contribution is 2.11. The molecule has 0 aromatic carbocycles. The third kappa shape index (κ3) is 5.72. The van der Waals surface area contributed by atoms with Gasteiger partial charge in [0.2, 0.25) is 5.95 Å². The third-order valence-corrected chi connectivity index (χ3v) is 3.34. The lowest BCUT2D eigenvalue weighted by molar-refractivity contribution is 0.0185. The van der Waals surface area contributed by atoms with Crippen LogP contribution in [0.3, 0.4) is 0 Å². The number of anilines is 1. The Bertz CT molecular complexity index is 540. The van der Waals surface area contributed by atoms with Crippen LogP contribution in [0.15, 0.2) is 10.9 Å². The van der Waals surface area contributed by atoms with E-state index in [1.807, 2.05) is 0 Å². The molecule has 2 rings (SSSR count). The van der Waals surface area contributed by atoms with Gasteiger partial charge in [-0.15, -0.1) is 0 Å². The lowest BCUT2D eigenvalue weighted by Crippen LogP contribution is -2.42. The van der Waals surface area contributed by atoms with E-state index < -0.39 is 0 Å². The fourth-order valence-electron chi connectivity index (χ4n) is 2.26. The Morgan fingerprint density at radius 3 is 3.00 bits per heavy atom. The van der Waals surface area contributed by atoms with E-state index in [2.05, 4.69) is 25.9 Å². The summed E-state index contributed by atoms with van der Waals surface area (Å²) in [5, 5.41) is 8.48. The van der Waals surface area contributed by atoms with Crippen LogP contribution < -0.4 is 21.5 Å². The second kappa shape index (κ2) is 8.38. The van der Waals surface area contributed by atoms with Crippen LogP contribution in [0.1, 0.15) is 25.0 Å². The minimum atomic E-state index is -0.221. The standard InChI is InChI=1S/C14H23N5O3/c1-10-8-12(20)19-13(18-10)15-5-6-16-14(21)17-9-11-4-2-3-7-22-11/h8,11H,2-7,9H2,1H3,(H2,16,17,21)(H2,15,18,19,20)/t11-/m1/s1. The van der Waals surface area contributed by atoms with Gasteiger partial charge in [0.05, 0.1) is 6.10 Å². The normalized spacial score (nSPS) is 17.8. The third-order valence-electron chi connectivity index (χ3n) is 3.34. The summed E-state index contributed by atoms with van der Waals surface area (Å²) in [6.07, 6.45) is 3.37. The molecule has 0 bridgehead atoms. The Kier molecular flexibility index (Phi) is 6.20. The van der Waals surface area contributed by atoms with Gasteiger partial charge in [-0.05, 0) is 26.2 Å². The van der Waals surface area contributed by atoms with Crippen LogP contribution in [-0.2, 0) is 4.74 Å². The summed E-state index contributed by atoms with van der Waals surface area (Å²) in [5.74, 6) is 0.405. The molecule has 1 aromatic rings. The van der Waals surface area contributed by atoms with E-state index in [4.69, 9.17) is 4.74 Å². The summed E-state index contributed by atoms with van der Waals surface area (Å²) >= 11 is 0. The lowest BCUT2D eigenvalue weighted by Gasteiger charge is -2.22. The molecule has 1 aliphatic rings. The van der Waals surface area contributed by atoms with Crippen molar-refractivity contribution in [3.05, 3.63) is 22.1 Å². The molecule has 2 amide bonds. The maximum atomic E-state index is 11.6. The number of nitrogens with one attached hydrogen (secondary N) is 4. The monoisotopic (exact) mass is 309 g/mol. The van der Waals surface area contributed by atoms with Crippen molar-refractivity contribution in [1.29, 1.82) is 0 Å². The first-order chi connectivity index (χ1) is 10.6. The second-order valence-electron chi connectivity index (χ2n) is 5.29. The molecule has 0 saturated carbocycles. The molecule has 4 N–H and O–H groups in total. The second-order valence-corrected chi connectivity index (χ2v) is 5.29. The highest BCUT2D eigenvalue weighted by atomic mass is 16.5. The van der Waals surface area contributed by atoms with Gasteiger partial charge in [0.25, 0.3) is 5.56 Å². The van der Waals surface area contributed by atoms with Crippen LogP contribution in [0, 0.1) is 6.92 Å². The predicted octanol–water partition coefficient (Wildman–Crippen LogP) is 0.359. The van der Waals surface area contributed by atoms with E-state index in [0.717, 1.165) is 25.9 Å². The van der Waals surface area contributed by atoms with Crippen LogP contribution in [0.25, 0.3) is 0 Å². The molecule has 8 heteroatoms. The van der Waals surface area contributed by atoms with Crippen molar-refractivity contribution < 1.29 is 9.53 Å². The SMILES string of the molecule is Cc1cc(=O)[nH]c(NCCNC(=O)NC[C@H]2CCCCO2)n1. The van der Waals surface area contributed by atoms with Gasteiger partial charge in [-0.3, -0.25) is 9.78 Å². The zero-order chi connectivity index (χ0) is 15.8. The molecule has 1 fully saturated rings. The van der Waals surface area contributed by atoms with Gasteiger partial charge >= 0.3 is 6.03 Å². The number of aromatic amines is 1. The number of hydrogen-bond donors (Lipinski definition) is 4. The number of rotatable bonds is 6. The van der Waals surface area contributed by atoms with E-state index in [1.165, 1.54) is 6.07 Å². The first-order valence-electron chi connectivity index (χ1n) is 7.58. The zero-order valence-electron chi connectivity index (χ0n) is 12.8. The number of aromatic nitrogens is 2. The van der Waals surface area contributed by atoms with E-state index in [1.54, 1.807) is 6.92 Å². The van der Waals surface area contributed by atoms with Crippen LogP contribution in [0.4, 0.5) is 10.7 Å². The average molecular weight is 309 g/mol. The van der Waals surface area contributed by atoms with Crippen LogP contribution in [-0.4, -0.2) is 48.3 Å². The minimum Gasteiger partial charge on any atom is -0.376 e. The van der Waals surface area contributed by atoms with Gasteiger partial charge in [-0.2, -0.15) is 0 Å². The Balaban J connectivity index is 1.59. The smallest absolute Gasteiger partial charge is 0.314 e. The molecule has 8 nitrogen and oxygen atoms in total. The average Bonchev–Trinajstić information content (AvgIpc) is 2.50. The number of hydrogen-bond acceptors (Lipinski definition) is 5. The maximum absolute atomic E-state index is 11.6. The van der Waals surface area contributed by atoms with E-state index >= 15 is 0 Å². The van der Waals surface area contributed by atoms with Crippen molar-refractivity contribution in [1.82, 2.24) is 20.6 Å². The zero-order valence-corrected chi connectivity index (χ0v) is 12.8. The fourth-order valence-corrected chi connectivity index (χ4v) is 2.26. The van der Waals surface area contributed by atoms with E-state index in [9.17, 15) is 9.59 Å². The van der Waals surface area contributed by atoms with E-state index in [0.29, 0.717) is 31.3 Å². The number of amides is 2. The number of aryl methyl sites for hydroxylation is 1. The van der Waals surface area contributed by atoms with Crippen molar-refractivity contribution in [2.75, 3.05) is 31.6 Å². The Hall–Kier alpha value is -2.09. The Morgan fingerprint density at radius 2 is 2.27 bits per heavy atom. The van der Waals surface area contributed by atoms with Crippen molar-refractivity contribution in [2.24, 2.45) is 0 Å². The van der Waals surface area contributed by atoms with Gasteiger partial charge in [-0.1, -0.05) is 0 Å². The van der Waals surface area contributed by atoms with Crippen LogP contribution in [0.2, 0.25) is 0 Å². The van der Waals surface area contributed by atoms with Crippen molar-refractivity contribution in [3.8, 4) is 0 Å². The largest absolute Gasteiger partial charge is 0.376 e. The van der Waals surface area contributed by atoms with Gasteiger partial charge in [0.1, 0.15) is 0 Å². The summed E-state index contributed by atoms with van der Waals surface area (Å²) in [5.41, 5.74) is 0.442. The van der Waals surface area contributed by atoms with Crippen molar-refractivity contribution in [2.45, 2.75) is 32.3 Å². The van der Waals surface area contributed by atoms with Gasteiger partial charge in [-0.25, -0.2) is 9.78 Å². The van der Waals surface area contributed by atoms with Gasteiger partial charge in [0.15, 0.2) is 0 Å². The molecule has 1 atom stereocenters. The molecule has 22 heavy (non-hydrogen) atoms. The van der Waals surface area contributed by atoms with E-state index in [-0.39, 0.29) is 17.7 Å². The quantitative estimate of drug-likeness (QED) is 0.567. The van der Waals surface area contributed by atoms with Gasteiger partial charge < -0.3 is 20.7 Å². The maximum Gasteiger partial charge on any atom is 0.314 e. The molecule has 1 aliphatic heterocycles. The topological polar surface area (TPSA) is 108 Å². The predicted molar refractivity (Wildman–Crippen MR) is 83.1 cm³/mol. The van der Waals surface area contributed by atoms with Crippen LogP contribution in [0.5, 0.6) is 0 Å². The summed E-state index contributed by atoms with van der Waals surface area (Å²) in [6, 6.07) is 1.20. The molecule has 1 saturated heterocycles. The summed E-state index contributed by atoms with van der Waals surface area (Å²) in [4.78, 5) is 29.6. The Labute approximate surface area is 129 Å². The molecule has 0 aliphatic carbocycles. The molecule has 0 radical (unpaired) electrons. The Morgan fingerprint density at radius 1 is 1.41 bits per heavy atom. The number of carbonyl (C=O) groups is 1. The van der Waals surface area contributed by atoms with Gasteiger partial charge in [0, 0.05) is 38.0 Å². The van der Waals surface area contributed by atoms with Crippen LogP contribution >= 0.6 is 0 Å². The number of carbonyl (C=O) groups excluding carboxylic acids is 1. The number of urea groups is 1. The summed E-state index contributed by atoms with van der Waals surface area (Å²) in [6.45, 7) is 3.96. The first kappa shape index (κ1) is 16.3. The summed E-state index contributed by atoms with van der Waals surface area (Å²) < 4.78 is 5.54. The molecule has 0 unspecified atom stereocenters. The molecular formula is C14H23N5O3. The fraction of sp³-hybridized carbons (Fsp3) is 0.643. The number of nitrogens with zero attached hydrogens (tertiary/aromatic N) is 1. The number of H-pyrrole nitrogens is 1. The van der Waals surface area contributed by atoms with Crippen molar-refractivity contribution in [3.63, 3.8) is 0 Å².